The van der Waals surface area contributed by atoms with E-state index in [0.29, 0.717) is 18.5 Å². The molecule has 1 aliphatic heterocycles. The summed E-state index contributed by atoms with van der Waals surface area (Å²) < 4.78 is 0. The molecule has 0 spiro atoms. The maximum atomic E-state index is 12.4. The largest absolute Gasteiger partial charge is 0.342 e. The molecule has 2 heterocycles. The molecule has 1 fully saturated rings. The van der Waals surface area contributed by atoms with Crippen molar-refractivity contribution in [2.24, 2.45) is 0 Å². The van der Waals surface area contributed by atoms with E-state index in [1.54, 1.807) is 12.1 Å². The van der Waals surface area contributed by atoms with Crippen LogP contribution < -0.4 is 10.6 Å². The Balaban J connectivity index is 1.26. The van der Waals surface area contributed by atoms with E-state index in [-0.39, 0.29) is 11.9 Å². The first kappa shape index (κ1) is 19.9. The second kappa shape index (κ2) is 9.43. The van der Waals surface area contributed by atoms with Gasteiger partial charge in [0.25, 0.3) is 0 Å². The first-order valence-corrected chi connectivity index (χ1v) is 10.6. The smallest absolute Gasteiger partial charge is 0.321 e. The fourth-order valence-corrected chi connectivity index (χ4v) is 3.69. The molecule has 1 aromatic heterocycles. The Kier molecular flexibility index (Phi) is 6.27. The molecule has 7 nitrogen and oxygen atoms in total. The van der Waals surface area contributed by atoms with Crippen LogP contribution in [0, 0.1) is 0 Å². The number of nitrogens with one attached hydrogen (secondary N) is 3. The SMILES string of the molecule is O=C(CCc1nc2ccccc2[nH]1)Nc1ccc(NC(=O)N2CCCCCC2)cc1. The van der Waals surface area contributed by atoms with Crippen molar-refractivity contribution in [3.8, 4) is 0 Å². The topological polar surface area (TPSA) is 90.1 Å². The molecule has 2 aromatic carbocycles. The summed E-state index contributed by atoms with van der Waals surface area (Å²) in [5, 5.41) is 5.84. The van der Waals surface area contributed by atoms with Crippen molar-refractivity contribution in [1.82, 2.24) is 14.9 Å². The van der Waals surface area contributed by atoms with Crippen LogP contribution in [0.1, 0.15) is 37.9 Å². The predicted octanol–water partition coefficient (Wildman–Crippen LogP) is 4.54. The van der Waals surface area contributed by atoms with Gasteiger partial charge >= 0.3 is 6.03 Å². The van der Waals surface area contributed by atoms with Crippen LogP contribution in [-0.4, -0.2) is 39.9 Å². The molecule has 4 rings (SSSR count). The summed E-state index contributed by atoms with van der Waals surface area (Å²) in [6, 6.07) is 15.0. The Morgan fingerprint density at radius 3 is 2.27 bits per heavy atom. The molecule has 30 heavy (non-hydrogen) atoms. The molecule has 1 saturated heterocycles. The number of carbonyl (C=O) groups excluding carboxylic acids is 2. The highest BCUT2D eigenvalue weighted by Gasteiger charge is 2.15. The standard InChI is InChI=1S/C23H27N5O2/c29-22(14-13-21-26-19-7-3-4-8-20(19)27-21)24-17-9-11-18(12-10-17)25-23(30)28-15-5-1-2-6-16-28/h3-4,7-12H,1-2,5-6,13-16H2,(H,24,29)(H,25,30)(H,26,27). The minimum atomic E-state index is -0.0724. The molecular weight excluding hydrogens is 378 g/mol. The predicted molar refractivity (Wildman–Crippen MR) is 119 cm³/mol. The summed E-state index contributed by atoms with van der Waals surface area (Å²) in [4.78, 5) is 34.3. The van der Waals surface area contributed by atoms with Crippen LogP contribution in [-0.2, 0) is 11.2 Å². The van der Waals surface area contributed by atoms with Crippen LogP contribution in [0.25, 0.3) is 11.0 Å². The molecule has 156 valence electrons. The number of nitrogens with zero attached hydrogens (tertiary/aromatic N) is 2. The minimum Gasteiger partial charge on any atom is -0.342 e. The van der Waals surface area contributed by atoms with Crippen molar-refractivity contribution in [2.45, 2.75) is 38.5 Å². The van der Waals surface area contributed by atoms with E-state index in [2.05, 4.69) is 20.6 Å². The van der Waals surface area contributed by atoms with Crippen LogP contribution >= 0.6 is 0 Å². The number of carbonyl (C=O) groups is 2. The summed E-state index contributed by atoms with van der Waals surface area (Å²) in [6.07, 6.45) is 5.39. The zero-order valence-corrected chi connectivity index (χ0v) is 17.0. The number of hydrogen-bond donors (Lipinski definition) is 3. The molecular formula is C23H27N5O2. The van der Waals surface area contributed by atoms with Gasteiger partial charge < -0.3 is 20.5 Å². The van der Waals surface area contributed by atoms with E-state index in [4.69, 9.17) is 0 Å². The normalized spacial score (nSPS) is 14.3. The average Bonchev–Trinajstić information content (AvgIpc) is 2.97. The number of benzene rings is 2. The molecule has 3 N–H and O–H groups in total. The maximum absolute atomic E-state index is 12.4. The van der Waals surface area contributed by atoms with Crippen LogP contribution in [0.3, 0.4) is 0 Å². The van der Waals surface area contributed by atoms with Crippen molar-refractivity contribution in [1.29, 1.82) is 0 Å². The van der Waals surface area contributed by atoms with Crippen molar-refractivity contribution in [2.75, 3.05) is 23.7 Å². The summed E-state index contributed by atoms with van der Waals surface area (Å²) in [6.45, 7) is 1.62. The number of hydrogen-bond acceptors (Lipinski definition) is 3. The third-order valence-corrected chi connectivity index (χ3v) is 5.34. The Morgan fingerprint density at radius 2 is 1.57 bits per heavy atom. The van der Waals surface area contributed by atoms with Gasteiger partial charge in [0.2, 0.25) is 5.91 Å². The van der Waals surface area contributed by atoms with E-state index in [0.717, 1.165) is 48.5 Å². The van der Waals surface area contributed by atoms with Gasteiger partial charge in [-0.1, -0.05) is 25.0 Å². The molecule has 0 bridgehead atoms. The first-order valence-electron chi connectivity index (χ1n) is 10.6. The first-order chi connectivity index (χ1) is 14.7. The van der Waals surface area contributed by atoms with Crippen LogP contribution in [0.15, 0.2) is 48.5 Å². The fourth-order valence-electron chi connectivity index (χ4n) is 3.69. The fraction of sp³-hybridized carbons (Fsp3) is 0.348. The van der Waals surface area contributed by atoms with Crippen molar-refractivity contribution < 1.29 is 9.59 Å². The highest BCUT2D eigenvalue weighted by atomic mass is 16.2. The van der Waals surface area contributed by atoms with Crippen molar-refractivity contribution >= 4 is 34.3 Å². The zero-order chi connectivity index (χ0) is 20.8. The van der Waals surface area contributed by atoms with Gasteiger partial charge in [-0.15, -0.1) is 0 Å². The summed E-state index contributed by atoms with van der Waals surface area (Å²) >= 11 is 0. The lowest BCUT2D eigenvalue weighted by Crippen LogP contribution is -2.35. The minimum absolute atomic E-state index is 0.0560. The zero-order valence-electron chi connectivity index (χ0n) is 17.0. The lowest BCUT2D eigenvalue weighted by molar-refractivity contribution is -0.116. The quantitative estimate of drug-likeness (QED) is 0.582. The highest BCUT2D eigenvalue weighted by Crippen LogP contribution is 2.17. The number of anilines is 2. The van der Waals surface area contributed by atoms with Crippen molar-refractivity contribution in [3.63, 3.8) is 0 Å². The van der Waals surface area contributed by atoms with Gasteiger partial charge in [0.05, 0.1) is 11.0 Å². The second-order valence-corrected chi connectivity index (χ2v) is 7.66. The van der Waals surface area contributed by atoms with Gasteiger partial charge in [0.1, 0.15) is 5.82 Å². The van der Waals surface area contributed by atoms with Gasteiger partial charge in [-0.3, -0.25) is 4.79 Å². The number of aromatic amines is 1. The number of para-hydroxylation sites is 2. The number of fused-ring (bicyclic) bond motifs is 1. The van der Waals surface area contributed by atoms with Gasteiger partial charge in [-0.2, -0.15) is 0 Å². The average molecular weight is 406 g/mol. The third-order valence-electron chi connectivity index (χ3n) is 5.34. The molecule has 3 aromatic rings. The Labute approximate surface area is 175 Å². The van der Waals surface area contributed by atoms with E-state index >= 15 is 0 Å². The lowest BCUT2D eigenvalue weighted by Gasteiger charge is -2.20. The number of rotatable bonds is 5. The number of likely N-dealkylation sites (tertiary alicyclic amines) is 1. The van der Waals surface area contributed by atoms with E-state index in [9.17, 15) is 9.59 Å². The number of H-pyrrole nitrogens is 1. The monoisotopic (exact) mass is 405 g/mol. The molecule has 3 amide bonds. The maximum Gasteiger partial charge on any atom is 0.321 e. The Hall–Kier alpha value is -3.35. The highest BCUT2D eigenvalue weighted by molar-refractivity contribution is 5.92. The summed E-state index contributed by atoms with van der Waals surface area (Å²) in [5.74, 6) is 0.731. The number of amides is 3. The van der Waals surface area contributed by atoms with Crippen LogP contribution in [0.5, 0.6) is 0 Å². The molecule has 7 heteroatoms. The second-order valence-electron chi connectivity index (χ2n) is 7.66. The van der Waals surface area contributed by atoms with Crippen molar-refractivity contribution in [3.05, 3.63) is 54.4 Å². The van der Waals surface area contributed by atoms with E-state index in [1.165, 1.54) is 12.8 Å². The molecule has 1 aliphatic rings. The lowest BCUT2D eigenvalue weighted by atomic mass is 10.2. The van der Waals surface area contributed by atoms with Gasteiger partial charge in [0, 0.05) is 37.3 Å². The number of imidazole rings is 1. The molecule has 0 saturated carbocycles. The number of aromatic nitrogens is 2. The number of aryl methyl sites for hydroxylation is 1. The summed E-state index contributed by atoms with van der Waals surface area (Å²) in [7, 11) is 0. The number of urea groups is 1. The molecule has 0 aliphatic carbocycles. The summed E-state index contributed by atoms with van der Waals surface area (Å²) in [5.41, 5.74) is 3.32. The Bertz CT molecular complexity index is 971. The molecule has 0 atom stereocenters. The van der Waals surface area contributed by atoms with Gasteiger partial charge in [-0.05, 0) is 49.2 Å². The van der Waals surface area contributed by atoms with E-state index in [1.807, 2.05) is 41.3 Å². The third kappa shape index (κ3) is 5.17. The molecule has 0 unspecified atom stereocenters. The van der Waals surface area contributed by atoms with Gasteiger partial charge in [-0.25, -0.2) is 9.78 Å². The molecule has 0 radical (unpaired) electrons. The van der Waals surface area contributed by atoms with E-state index < -0.39 is 0 Å². The van der Waals surface area contributed by atoms with Crippen LogP contribution in [0.2, 0.25) is 0 Å². The Morgan fingerprint density at radius 1 is 0.900 bits per heavy atom. The van der Waals surface area contributed by atoms with Crippen LogP contribution in [0.4, 0.5) is 16.2 Å². The van der Waals surface area contributed by atoms with Gasteiger partial charge in [0.15, 0.2) is 0 Å².